The summed E-state index contributed by atoms with van der Waals surface area (Å²) < 4.78 is 24.5. The molecule has 1 aromatic rings. The Morgan fingerprint density at radius 3 is 2.33 bits per heavy atom. The number of nitrogens with one attached hydrogen (secondary N) is 3. The lowest BCUT2D eigenvalue weighted by molar-refractivity contribution is 0.0490. The minimum Gasteiger partial charge on any atom is -0.491 e. The molecular weight excluding hydrogens is 387 g/mol. The number of aliphatic imine (C=N–C) groups is 1. The lowest BCUT2D eigenvalue weighted by atomic mass is 9.91. The number of benzene rings is 1. The van der Waals surface area contributed by atoms with Gasteiger partial charge in [-0.1, -0.05) is 6.07 Å². The predicted molar refractivity (Wildman–Crippen MR) is 116 cm³/mol. The largest absolute Gasteiger partial charge is 0.491 e. The zero-order valence-corrected chi connectivity index (χ0v) is 18.7. The van der Waals surface area contributed by atoms with Gasteiger partial charge in [0.25, 0.3) is 0 Å². The smallest absolute Gasteiger partial charge is 0.407 e. The van der Waals surface area contributed by atoms with E-state index in [1.54, 1.807) is 13.1 Å². The number of halogens is 1. The summed E-state index contributed by atoms with van der Waals surface area (Å²) in [4.78, 5) is 16.2. The summed E-state index contributed by atoms with van der Waals surface area (Å²) in [5.74, 6) is 0.572. The van der Waals surface area contributed by atoms with Crippen LogP contribution in [0.4, 0.5) is 9.18 Å². The summed E-state index contributed by atoms with van der Waals surface area (Å²) in [6.45, 7) is 8.28. The minimum atomic E-state index is -0.493. The monoisotopic (exact) mass is 422 g/mol. The molecule has 0 unspecified atom stereocenters. The molecule has 168 valence electrons. The Kier molecular flexibility index (Phi) is 8.74. The van der Waals surface area contributed by atoms with E-state index in [2.05, 4.69) is 20.9 Å². The fourth-order valence-corrected chi connectivity index (χ4v) is 3.36. The second kappa shape index (κ2) is 11.0. The van der Waals surface area contributed by atoms with Crippen LogP contribution in [0.1, 0.15) is 58.9 Å². The number of rotatable bonds is 6. The van der Waals surface area contributed by atoms with E-state index < -0.39 is 5.60 Å². The van der Waals surface area contributed by atoms with Crippen LogP contribution in [0.3, 0.4) is 0 Å². The summed E-state index contributed by atoms with van der Waals surface area (Å²) in [7, 11) is 1.71. The Hall–Kier alpha value is -2.51. The van der Waals surface area contributed by atoms with E-state index >= 15 is 0 Å². The first-order valence-corrected chi connectivity index (χ1v) is 10.6. The molecule has 0 aliphatic heterocycles. The Morgan fingerprint density at radius 2 is 1.80 bits per heavy atom. The van der Waals surface area contributed by atoms with Gasteiger partial charge in [0, 0.05) is 25.7 Å². The van der Waals surface area contributed by atoms with Crippen LogP contribution < -0.4 is 20.7 Å². The van der Waals surface area contributed by atoms with Crippen molar-refractivity contribution in [1.82, 2.24) is 16.0 Å². The van der Waals surface area contributed by atoms with E-state index in [9.17, 15) is 9.18 Å². The topological polar surface area (TPSA) is 84.0 Å². The Balaban J connectivity index is 1.75. The SMILES string of the molecule is CCOc1ccc(CNC(=NC)NC2CCC(NC(=O)OC(C)(C)C)CC2)cc1F. The van der Waals surface area contributed by atoms with Gasteiger partial charge >= 0.3 is 6.09 Å². The molecule has 1 fully saturated rings. The van der Waals surface area contributed by atoms with Crippen molar-refractivity contribution in [2.24, 2.45) is 4.99 Å². The molecule has 0 saturated heterocycles. The van der Waals surface area contributed by atoms with Gasteiger partial charge in [0.2, 0.25) is 0 Å². The third kappa shape index (κ3) is 8.08. The van der Waals surface area contributed by atoms with Gasteiger partial charge in [-0.2, -0.15) is 0 Å². The molecule has 7 nitrogen and oxygen atoms in total. The van der Waals surface area contributed by atoms with E-state index in [4.69, 9.17) is 9.47 Å². The van der Waals surface area contributed by atoms with Crippen molar-refractivity contribution in [2.45, 2.75) is 77.6 Å². The molecule has 2 rings (SSSR count). The van der Waals surface area contributed by atoms with E-state index in [1.165, 1.54) is 6.07 Å². The number of hydrogen-bond acceptors (Lipinski definition) is 4. The number of guanidine groups is 1. The first-order valence-electron chi connectivity index (χ1n) is 10.6. The van der Waals surface area contributed by atoms with Crippen LogP contribution in [0, 0.1) is 5.82 Å². The van der Waals surface area contributed by atoms with Crippen LogP contribution in [0.15, 0.2) is 23.2 Å². The molecule has 3 N–H and O–H groups in total. The number of amides is 1. The molecule has 8 heteroatoms. The van der Waals surface area contributed by atoms with E-state index in [0.717, 1.165) is 31.2 Å². The second-order valence-electron chi connectivity index (χ2n) is 8.46. The van der Waals surface area contributed by atoms with E-state index in [-0.39, 0.29) is 29.7 Å². The molecule has 0 aromatic heterocycles. The molecular formula is C22H35FN4O3. The van der Waals surface area contributed by atoms with Gasteiger partial charge in [-0.05, 0) is 71.1 Å². The molecule has 0 bridgehead atoms. The molecule has 1 saturated carbocycles. The van der Waals surface area contributed by atoms with Crippen LogP contribution in [-0.4, -0.2) is 43.4 Å². The summed E-state index contributed by atoms with van der Waals surface area (Å²) in [6.07, 6.45) is 3.22. The molecule has 1 amide bonds. The number of hydrogen-bond donors (Lipinski definition) is 3. The van der Waals surface area contributed by atoms with Gasteiger partial charge in [-0.3, -0.25) is 4.99 Å². The first-order chi connectivity index (χ1) is 14.2. The van der Waals surface area contributed by atoms with Crippen molar-refractivity contribution in [3.8, 4) is 5.75 Å². The van der Waals surface area contributed by atoms with Gasteiger partial charge in [0.15, 0.2) is 17.5 Å². The lowest BCUT2D eigenvalue weighted by Gasteiger charge is -2.31. The normalized spacial score (nSPS) is 19.7. The quantitative estimate of drug-likeness (QED) is 0.481. The minimum absolute atomic E-state index is 0.125. The maximum atomic E-state index is 14.0. The molecule has 0 atom stereocenters. The van der Waals surface area contributed by atoms with Crippen LogP contribution in [0.25, 0.3) is 0 Å². The maximum Gasteiger partial charge on any atom is 0.407 e. The van der Waals surface area contributed by atoms with Crippen LogP contribution in [0.2, 0.25) is 0 Å². The lowest BCUT2D eigenvalue weighted by Crippen LogP contribution is -2.47. The predicted octanol–water partition coefficient (Wildman–Crippen LogP) is 3.73. The zero-order valence-electron chi connectivity index (χ0n) is 18.7. The van der Waals surface area contributed by atoms with Crippen molar-refractivity contribution < 1.29 is 18.7 Å². The van der Waals surface area contributed by atoms with E-state index in [1.807, 2.05) is 33.8 Å². The Labute approximate surface area is 178 Å². The summed E-state index contributed by atoms with van der Waals surface area (Å²) >= 11 is 0. The van der Waals surface area contributed by atoms with Crippen LogP contribution >= 0.6 is 0 Å². The number of ether oxygens (including phenoxy) is 2. The highest BCUT2D eigenvalue weighted by atomic mass is 19.1. The first kappa shape index (κ1) is 23.8. The average Bonchev–Trinajstić information content (AvgIpc) is 2.67. The van der Waals surface area contributed by atoms with E-state index in [0.29, 0.717) is 19.1 Å². The fraction of sp³-hybridized carbons (Fsp3) is 0.636. The molecule has 1 aliphatic carbocycles. The van der Waals surface area contributed by atoms with Crippen LogP contribution in [-0.2, 0) is 11.3 Å². The molecule has 1 aliphatic rings. The average molecular weight is 423 g/mol. The fourth-order valence-electron chi connectivity index (χ4n) is 3.36. The number of carbonyl (C=O) groups excluding carboxylic acids is 1. The molecule has 0 heterocycles. The van der Waals surface area contributed by atoms with Crippen LogP contribution in [0.5, 0.6) is 5.75 Å². The molecule has 0 radical (unpaired) electrons. The summed E-state index contributed by atoms with van der Waals surface area (Å²) in [5.41, 5.74) is 0.317. The molecule has 0 spiro atoms. The maximum absolute atomic E-state index is 14.0. The number of alkyl carbamates (subject to hydrolysis) is 1. The second-order valence-corrected chi connectivity index (χ2v) is 8.46. The third-order valence-electron chi connectivity index (χ3n) is 4.77. The summed E-state index contributed by atoms with van der Waals surface area (Å²) in [6, 6.07) is 5.34. The highest BCUT2D eigenvalue weighted by molar-refractivity contribution is 5.80. The number of nitrogens with zero attached hydrogens (tertiary/aromatic N) is 1. The highest BCUT2D eigenvalue weighted by Gasteiger charge is 2.25. The number of carbonyl (C=O) groups is 1. The highest BCUT2D eigenvalue weighted by Crippen LogP contribution is 2.20. The van der Waals surface area contributed by atoms with Gasteiger partial charge < -0.3 is 25.4 Å². The van der Waals surface area contributed by atoms with Gasteiger partial charge in [-0.25, -0.2) is 9.18 Å². The third-order valence-corrected chi connectivity index (χ3v) is 4.77. The van der Waals surface area contributed by atoms with Crippen molar-refractivity contribution in [2.75, 3.05) is 13.7 Å². The molecule has 1 aromatic carbocycles. The van der Waals surface area contributed by atoms with Crippen molar-refractivity contribution >= 4 is 12.1 Å². The Bertz CT molecular complexity index is 726. The van der Waals surface area contributed by atoms with Gasteiger partial charge in [0.05, 0.1) is 6.61 Å². The van der Waals surface area contributed by atoms with Crippen molar-refractivity contribution in [1.29, 1.82) is 0 Å². The summed E-state index contributed by atoms with van der Waals surface area (Å²) in [5, 5.41) is 9.58. The van der Waals surface area contributed by atoms with Gasteiger partial charge in [0.1, 0.15) is 5.60 Å². The standard InChI is InChI=1S/C22H35FN4O3/c1-6-29-19-12-7-15(13-18(19)23)14-25-20(24-5)26-16-8-10-17(11-9-16)27-21(28)30-22(2,3)4/h7,12-13,16-17H,6,8-11,14H2,1-5H3,(H,27,28)(H2,24,25,26). The van der Waals surface area contributed by atoms with Gasteiger partial charge in [-0.15, -0.1) is 0 Å². The van der Waals surface area contributed by atoms with Crippen molar-refractivity contribution in [3.63, 3.8) is 0 Å². The zero-order chi connectivity index (χ0) is 22.1. The molecule has 30 heavy (non-hydrogen) atoms. The van der Waals surface area contributed by atoms with Crippen molar-refractivity contribution in [3.05, 3.63) is 29.6 Å². The Morgan fingerprint density at radius 1 is 1.17 bits per heavy atom.